The fourth-order valence-electron chi connectivity index (χ4n) is 1.97. The van der Waals surface area contributed by atoms with Gasteiger partial charge in [-0.15, -0.1) is 5.10 Å². The van der Waals surface area contributed by atoms with Crippen molar-refractivity contribution in [2.45, 2.75) is 13.5 Å². The molecule has 3 aromatic rings. The van der Waals surface area contributed by atoms with Gasteiger partial charge in [0.05, 0.1) is 6.20 Å². The molecule has 6 heteroatoms. The van der Waals surface area contributed by atoms with Gasteiger partial charge in [-0.1, -0.05) is 24.3 Å². The highest BCUT2D eigenvalue weighted by atomic mass is 15.3. The maximum Gasteiger partial charge on any atom is 0.244 e. The van der Waals surface area contributed by atoms with Gasteiger partial charge in [0.2, 0.25) is 5.95 Å². The van der Waals surface area contributed by atoms with Crippen LogP contribution in [0.25, 0.3) is 0 Å². The molecule has 2 N–H and O–H groups in total. The molecule has 0 saturated heterocycles. The molecule has 22 heavy (non-hydrogen) atoms. The fraction of sp³-hybridized carbons (Fsp3) is 0.125. The minimum Gasteiger partial charge on any atom is -0.349 e. The topological polar surface area (TPSA) is 75.6 Å². The molecule has 0 spiro atoms. The predicted molar refractivity (Wildman–Crippen MR) is 85.9 cm³/mol. The second-order valence-electron chi connectivity index (χ2n) is 4.82. The van der Waals surface area contributed by atoms with Crippen LogP contribution in [0, 0.1) is 6.92 Å². The van der Waals surface area contributed by atoms with Crippen molar-refractivity contribution in [1.29, 1.82) is 0 Å². The Kier molecular flexibility index (Phi) is 4.20. The van der Waals surface area contributed by atoms with Gasteiger partial charge in [0.1, 0.15) is 0 Å². The molecule has 0 atom stereocenters. The van der Waals surface area contributed by atoms with E-state index in [1.54, 1.807) is 18.6 Å². The van der Waals surface area contributed by atoms with Crippen molar-refractivity contribution in [3.63, 3.8) is 0 Å². The van der Waals surface area contributed by atoms with Crippen molar-refractivity contribution < 1.29 is 0 Å². The zero-order valence-electron chi connectivity index (χ0n) is 12.2. The summed E-state index contributed by atoms with van der Waals surface area (Å²) in [6, 6.07) is 11.9. The third kappa shape index (κ3) is 3.54. The average molecular weight is 292 g/mol. The number of nitrogens with zero attached hydrogens (tertiary/aromatic N) is 4. The molecule has 0 aliphatic heterocycles. The smallest absolute Gasteiger partial charge is 0.244 e. The summed E-state index contributed by atoms with van der Waals surface area (Å²) in [5.41, 5.74) is 3.20. The Bertz CT molecular complexity index is 744. The Morgan fingerprint density at radius 2 is 1.95 bits per heavy atom. The lowest BCUT2D eigenvalue weighted by molar-refractivity contribution is 0.946. The van der Waals surface area contributed by atoms with E-state index in [1.807, 2.05) is 43.3 Å². The Balaban J connectivity index is 1.69. The summed E-state index contributed by atoms with van der Waals surface area (Å²) < 4.78 is 0. The number of benzene rings is 1. The van der Waals surface area contributed by atoms with Crippen molar-refractivity contribution in [3.8, 4) is 0 Å². The van der Waals surface area contributed by atoms with E-state index in [1.165, 1.54) is 0 Å². The summed E-state index contributed by atoms with van der Waals surface area (Å²) in [5.74, 6) is 1.13. The SMILES string of the molecule is Cc1ccccc1Nc1cnnc(NCc2cccnc2)n1. The third-order valence-corrected chi connectivity index (χ3v) is 3.14. The number of aromatic nitrogens is 4. The van der Waals surface area contributed by atoms with Crippen LogP contribution in [0.1, 0.15) is 11.1 Å². The van der Waals surface area contributed by atoms with Crippen molar-refractivity contribution >= 4 is 17.5 Å². The van der Waals surface area contributed by atoms with Crippen molar-refractivity contribution in [3.05, 3.63) is 66.1 Å². The zero-order valence-corrected chi connectivity index (χ0v) is 12.2. The number of rotatable bonds is 5. The van der Waals surface area contributed by atoms with E-state index in [0.29, 0.717) is 18.3 Å². The van der Waals surface area contributed by atoms with Crippen LogP contribution in [-0.4, -0.2) is 20.2 Å². The van der Waals surface area contributed by atoms with Gasteiger partial charge in [0.15, 0.2) is 5.82 Å². The van der Waals surface area contributed by atoms with Crippen LogP contribution < -0.4 is 10.6 Å². The van der Waals surface area contributed by atoms with Gasteiger partial charge in [0, 0.05) is 24.6 Å². The summed E-state index contributed by atoms with van der Waals surface area (Å²) in [5, 5.41) is 14.3. The largest absolute Gasteiger partial charge is 0.349 e. The van der Waals surface area contributed by atoms with E-state index < -0.39 is 0 Å². The van der Waals surface area contributed by atoms with Gasteiger partial charge in [-0.25, -0.2) is 0 Å². The van der Waals surface area contributed by atoms with Gasteiger partial charge >= 0.3 is 0 Å². The molecule has 110 valence electrons. The van der Waals surface area contributed by atoms with Crippen LogP contribution in [0.2, 0.25) is 0 Å². The summed E-state index contributed by atoms with van der Waals surface area (Å²) in [7, 11) is 0. The highest BCUT2D eigenvalue weighted by Crippen LogP contribution is 2.18. The van der Waals surface area contributed by atoms with E-state index in [-0.39, 0.29) is 0 Å². The quantitative estimate of drug-likeness (QED) is 0.753. The van der Waals surface area contributed by atoms with Crippen molar-refractivity contribution in [2.75, 3.05) is 10.6 Å². The van der Waals surface area contributed by atoms with E-state index >= 15 is 0 Å². The summed E-state index contributed by atoms with van der Waals surface area (Å²) in [6.07, 6.45) is 5.14. The minimum atomic E-state index is 0.474. The lowest BCUT2D eigenvalue weighted by Gasteiger charge is -2.09. The number of anilines is 3. The standard InChI is InChI=1S/C16H16N6/c1-12-5-2-3-7-14(12)20-15-11-19-22-16(21-15)18-10-13-6-4-8-17-9-13/h2-9,11H,10H2,1H3,(H2,18,20,21,22). The van der Waals surface area contributed by atoms with Gasteiger partial charge in [-0.05, 0) is 30.2 Å². The zero-order chi connectivity index (χ0) is 15.2. The van der Waals surface area contributed by atoms with Gasteiger partial charge in [-0.2, -0.15) is 10.1 Å². The monoisotopic (exact) mass is 292 g/mol. The molecule has 2 aromatic heterocycles. The number of aryl methyl sites for hydroxylation is 1. The van der Waals surface area contributed by atoms with Crippen molar-refractivity contribution in [2.24, 2.45) is 0 Å². The average Bonchev–Trinajstić information content (AvgIpc) is 2.57. The Morgan fingerprint density at radius 1 is 1.05 bits per heavy atom. The molecular weight excluding hydrogens is 276 g/mol. The third-order valence-electron chi connectivity index (χ3n) is 3.14. The minimum absolute atomic E-state index is 0.474. The Morgan fingerprint density at radius 3 is 2.77 bits per heavy atom. The lowest BCUT2D eigenvalue weighted by atomic mass is 10.2. The highest BCUT2D eigenvalue weighted by molar-refractivity contribution is 5.59. The number of hydrogen-bond donors (Lipinski definition) is 2. The first-order valence-corrected chi connectivity index (χ1v) is 6.96. The number of para-hydroxylation sites is 1. The molecule has 0 aliphatic carbocycles. The highest BCUT2D eigenvalue weighted by Gasteiger charge is 2.03. The molecule has 6 nitrogen and oxygen atoms in total. The van der Waals surface area contributed by atoms with Crippen LogP contribution >= 0.6 is 0 Å². The fourth-order valence-corrected chi connectivity index (χ4v) is 1.97. The van der Waals surface area contributed by atoms with Crippen molar-refractivity contribution in [1.82, 2.24) is 20.2 Å². The maximum absolute atomic E-state index is 4.41. The second kappa shape index (κ2) is 6.62. The van der Waals surface area contributed by atoms with Gasteiger partial charge in [0.25, 0.3) is 0 Å². The van der Waals surface area contributed by atoms with E-state index in [4.69, 9.17) is 0 Å². The molecule has 1 aromatic carbocycles. The molecule has 0 radical (unpaired) electrons. The number of pyridine rings is 1. The van der Waals surface area contributed by atoms with Gasteiger partial charge < -0.3 is 10.6 Å². The maximum atomic E-state index is 4.41. The summed E-state index contributed by atoms with van der Waals surface area (Å²) in [4.78, 5) is 8.48. The van der Waals surface area contributed by atoms with E-state index in [9.17, 15) is 0 Å². The molecule has 0 bridgehead atoms. The molecule has 0 amide bonds. The molecular formula is C16H16N6. The van der Waals surface area contributed by atoms with Gasteiger partial charge in [-0.3, -0.25) is 4.98 Å². The molecule has 0 aliphatic rings. The normalized spacial score (nSPS) is 10.2. The first-order chi connectivity index (χ1) is 10.8. The van der Waals surface area contributed by atoms with Crippen LogP contribution in [0.15, 0.2) is 55.0 Å². The number of nitrogens with one attached hydrogen (secondary N) is 2. The first kappa shape index (κ1) is 13.9. The molecule has 0 fully saturated rings. The van der Waals surface area contributed by atoms with E-state index in [0.717, 1.165) is 16.8 Å². The lowest BCUT2D eigenvalue weighted by Crippen LogP contribution is -2.06. The van der Waals surface area contributed by atoms with Crippen LogP contribution in [0.5, 0.6) is 0 Å². The molecule has 0 saturated carbocycles. The first-order valence-electron chi connectivity index (χ1n) is 6.96. The van der Waals surface area contributed by atoms with Crippen LogP contribution in [0.3, 0.4) is 0 Å². The second-order valence-corrected chi connectivity index (χ2v) is 4.82. The van der Waals surface area contributed by atoms with Crippen LogP contribution in [0.4, 0.5) is 17.5 Å². The predicted octanol–water partition coefficient (Wildman–Crippen LogP) is 2.93. The van der Waals surface area contributed by atoms with Crippen LogP contribution in [-0.2, 0) is 6.54 Å². The van der Waals surface area contributed by atoms with E-state index in [2.05, 4.69) is 30.8 Å². The number of hydrogen-bond acceptors (Lipinski definition) is 6. The summed E-state index contributed by atoms with van der Waals surface area (Å²) in [6.45, 7) is 2.64. The molecule has 3 rings (SSSR count). The molecule has 0 unspecified atom stereocenters. The Hall–Kier alpha value is -3.02. The Labute approximate surface area is 128 Å². The summed E-state index contributed by atoms with van der Waals surface area (Å²) >= 11 is 0. The molecule has 2 heterocycles.